The number of nitrogens with one attached hydrogen (secondary N) is 3. The molecule has 0 radical (unpaired) electrons. The molecule has 1 fully saturated rings. The minimum atomic E-state index is -2.96. The van der Waals surface area contributed by atoms with Gasteiger partial charge in [0.25, 0.3) is 5.91 Å². The van der Waals surface area contributed by atoms with Crippen LogP contribution >= 0.6 is 0 Å². The van der Waals surface area contributed by atoms with Crippen molar-refractivity contribution < 1.29 is 22.5 Å². The van der Waals surface area contributed by atoms with E-state index in [2.05, 4.69) is 20.4 Å². The van der Waals surface area contributed by atoms with Gasteiger partial charge in [-0.2, -0.15) is 8.78 Å². The van der Waals surface area contributed by atoms with Gasteiger partial charge in [0.05, 0.1) is 23.6 Å². The highest BCUT2D eigenvalue weighted by molar-refractivity contribution is 7.86. The van der Waals surface area contributed by atoms with Crippen LogP contribution in [0.4, 0.5) is 20.2 Å². The average molecular weight is 451 g/mol. The SMILES string of the molecule is CC(C)C(=N)c1cc(C(=O)NC2(C)CS(=O)C2)ccc1Nc1cncc(OC(F)F)c1. The summed E-state index contributed by atoms with van der Waals surface area (Å²) in [6.07, 6.45) is 2.62. The van der Waals surface area contributed by atoms with Gasteiger partial charge in [0, 0.05) is 50.9 Å². The quantitative estimate of drug-likeness (QED) is 0.532. The largest absolute Gasteiger partial charge is 0.433 e. The molecule has 0 spiro atoms. The van der Waals surface area contributed by atoms with Gasteiger partial charge >= 0.3 is 6.61 Å². The van der Waals surface area contributed by atoms with E-state index in [1.54, 1.807) is 18.2 Å². The topological polar surface area (TPSA) is 104 Å². The Bertz CT molecular complexity index is 1020. The number of ether oxygens (including phenoxy) is 1. The molecule has 7 nitrogen and oxygen atoms in total. The molecule has 0 bridgehead atoms. The van der Waals surface area contributed by atoms with Crippen LogP contribution in [0.2, 0.25) is 0 Å². The van der Waals surface area contributed by atoms with E-state index >= 15 is 0 Å². The summed E-state index contributed by atoms with van der Waals surface area (Å²) >= 11 is 0. The van der Waals surface area contributed by atoms with Gasteiger partial charge in [-0.05, 0) is 31.0 Å². The van der Waals surface area contributed by atoms with Gasteiger partial charge in [-0.15, -0.1) is 0 Å². The monoisotopic (exact) mass is 450 g/mol. The Morgan fingerprint density at radius 2 is 1.97 bits per heavy atom. The molecular formula is C21H24F2N4O3S. The molecule has 1 aliphatic rings. The zero-order valence-electron chi connectivity index (χ0n) is 17.4. The standard InChI is InChI=1S/C21H24F2N4O3S/c1-12(2)18(24)16-6-13(19(28)27-21(3)10-31(29)11-21)4-5-17(16)26-14-7-15(9-25-8-14)30-20(22)23/h4-9,12,20,24,26H,10-11H2,1-3H3,(H,27,28). The number of aromatic nitrogens is 1. The summed E-state index contributed by atoms with van der Waals surface area (Å²) in [6, 6.07) is 6.26. The van der Waals surface area contributed by atoms with Crippen LogP contribution in [0.1, 0.15) is 36.7 Å². The number of hydrogen-bond acceptors (Lipinski definition) is 6. The minimum absolute atomic E-state index is 0.0948. The normalized spacial score (nSPS) is 20.3. The Morgan fingerprint density at radius 1 is 1.26 bits per heavy atom. The maximum absolute atomic E-state index is 12.7. The molecule has 0 saturated carbocycles. The Balaban J connectivity index is 1.87. The summed E-state index contributed by atoms with van der Waals surface area (Å²) in [6.45, 7) is 2.61. The number of carbonyl (C=O) groups excluding carboxylic acids is 1. The van der Waals surface area contributed by atoms with Gasteiger partial charge in [0.15, 0.2) is 0 Å². The summed E-state index contributed by atoms with van der Waals surface area (Å²) in [5.74, 6) is 0.311. The number of nitrogens with zero attached hydrogens (tertiary/aromatic N) is 1. The number of alkyl halides is 2. The lowest BCUT2D eigenvalue weighted by Gasteiger charge is -2.38. The lowest BCUT2D eigenvalue weighted by molar-refractivity contribution is -0.0500. The third kappa shape index (κ3) is 5.63. The number of rotatable bonds is 8. The molecule has 1 aromatic carbocycles. The summed E-state index contributed by atoms with van der Waals surface area (Å²) in [5.41, 5.74) is 1.62. The number of halogens is 2. The van der Waals surface area contributed by atoms with Crippen molar-refractivity contribution in [2.24, 2.45) is 5.92 Å². The third-order valence-corrected chi connectivity index (χ3v) is 6.66. The number of anilines is 2. The molecule has 10 heteroatoms. The Kier molecular flexibility index (Phi) is 6.68. The van der Waals surface area contributed by atoms with E-state index in [0.717, 1.165) is 0 Å². The number of amides is 1. The van der Waals surface area contributed by atoms with Crippen molar-refractivity contribution in [1.82, 2.24) is 10.3 Å². The Morgan fingerprint density at radius 3 is 2.58 bits per heavy atom. The van der Waals surface area contributed by atoms with Crippen LogP contribution in [-0.4, -0.2) is 44.5 Å². The maximum atomic E-state index is 12.7. The maximum Gasteiger partial charge on any atom is 0.387 e. The van der Waals surface area contributed by atoms with Crippen LogP contribution in [0.3, 0.4) is 0 Å². The van der Waals surface area contributed by atoms with Crippen LogP contribution in [0.5, 0.6) is 5.75 Å². The highest BCUT2D eigenvalue weighted by Crippen LogP contribution is 2.27. The number of pyridine rings is 1. The predicted molar refractivity (Wildman–Crippen MR) is 116 cm³/mol. The van der Waals surface area contributed by atoms with E-state index in [0.29, 0.717) is 39.7 Å². The molecule has 3 N–H and O–H groups in total. The molecule has 2 heterocycles. The first kappa shape index (κ1) is 22.8. The van der Waals surface area contributed by atoms with Crippen molar-refractivity contribution in [2.45, 2.75) is 32.9 Å². The van der Waals surface area contributed by atoms with Crippen LogP contribution < -0.4 is 15.4 Å². The second-order valence-corrected chi connectivity index (χ2v) is 9.44. The van der Waals surface area contributed by atoms with E-state index in [-0.39, 0.29) is 17.6 Å². The van der Waals surface area contributed by atoms with E-state index in [9.17, 15) is 17.8 Å². The van der Waals surface area contributed by atoms with Gasteiger partial charge < -0.3 is 20.8 Å². The number of carbonyl (C=O) groups is 1. The van der Waals surface area contributed by atoms with Gasteiger partial charge in [-0.1, -0.05) is 13.8 Å². The molecule has 2 aromatic rings. The fraction of sp³-hybridized carbons (Fsp3) is 0.381. The first-order chi connectivity index (χ1) is 14.6. The first-order valence-corrected chi connectivity index (χ1v) is 11.1. The molecule has 31 heavy (non-hydrogen) atoms. The van der Waals surface area contributed by atoms with Crippen molar-refractivity contribution >= 4 is 33.8 Å². The van der Waals surface area contributed by atoms with Crippen molar-refractivity contribution in [3.8, 4) is 5.75 Å². The summed E-state index contributed by atoms with van der Waals surface area (Å²) < 4.78 is 40.7. The van der Waals surface area contributed by atoms with Gasteiger partial charge in [0.1, 0.15) is 5.75 Å². The van der Waals surface area contributed by atoms with Crippen LogP contribution in [-0.2, 0) is 10.8 Å². The molecule has 1 amide bonds. The third-order valence-electron chi connectivity index (χ3n) is 4.74. The van der Waals surface area contributed by atoms with Crippen LogP contribution in [0.15, 0.2) is 36.7 Å². The molecule has 0 aliphatic carbocycles. The predicted octanol–water partition coefficient (Wildman–Crippen LogP) is 3.70. The second-order valence-electron chi connectivity index (χ2n) is 7.98. The Labute approximate surface area is 181 Å². The van der Waals surface area contributed by atoms with E-state index < -0.39 is 22.9 Å². The zero-order chi connectivity index (χ0) is 22.8. The number of hydrogen-bond donors (Lipinski definition) is 3. The minimum Gasteiger partial charge on any atom is -0.433 e. The van der Waals surface area contributed by atoms with Crippen molar-refractivity contribution in [3.63, 3.8) is 0 Å². The lowest BCUT2D eigenvalue weighted by Crippen LogP contribution is -2.61. The summed E-state index contributed by atoms with van der Waals surface area (Å²) in [5, 5.41) is 14.4. The lowest BCUT2D eigenvalue weighted by atomic mass is 9.96. The smallest absolute Gasteiger partial charge is 0.387 e. The highest BCUT2D eigenvalue weighted by atomic mass is 32.2. The molecule has 1 saturated heterocycles. The van der Waals surface area contributed by atoms with Crippen LogP contribution in [0, 0.1) is 11.3 Å². The molecule has 0 unspecified atom stereocenters. The summed E-state index contributed by atoms with van der Waals surface area (Å²) in [4.78, 5) is 16.6. The van der Waals surface area contributed by atoms with E-state index in [1.165, 1.54) is 18.5 Å². The zero-order valence-corrected chi connectivity index (χ0v) is 18.2. The molecule has 1 aromatic heterocycles. The average Bonchev–Trinajstić information content (AvgIpc) is 2.66. The molecule has 1 aliphatic heterocycles. The highest BCUT2D eigenvalue weighted by Gasteiger charge is 2.39. The fourth-order valence-electron chi connectivity index (χ4n) is 3.23. The Hall–Kier alpha value is -2.88. The molecule has 0 atom stereocenters. The molecular weight excluding hydrogens is 426 g/mol. The van der Waals surface area contributed by atoms with Crippen molar-refractivity contribution in [2.75, 3.05) is 16.8 Å². The van der Waals surface area contributed by atoms with Gasteiger partial charge in [-0.3, -0.25) is 14.0 Å². The van der Waals surface area contributed by atoms with Gasteiger partial charge in [-0.25, -0.2) is 0 Å². The van der Waals surface area contributed by atoms with Crippen molar-refractivity contribution in [1.29, 1.82) is 5.41 Å². The molecule has 3 rings (SSSR count). The summed E-state index contributed by atoms with van der Waals surface area (Å²) in [7, 11) is -0.906. The van der Waals surface area contributed by atoms with Crippen molar-refractivity contribution in [3.05, 3.63) is 47.8 Å². The molecule has 166 valence electrons. The van der Waals surface area contributed by atoms with E-state index in [4.69, 9.17) is 5.41 Å². The van der Waals surface area contributed by atoms with Gasteiger partial charge in [0.2, 0.25) is 0 Å². The van der Waals surface area contributed by atoms with E-state index in [1.807, 2.05) is 20.8 Å². The number of benzene rings is 1. The first-order valence-electron chi connectivity index (χ1n) is 9.63. The fourth-order valence-corrected chi connectivity index (χ4v) is 4.71. The second kappa shape index (κ2) is 9.09. The van der Waals surface area contributed by atoms with Crippen LogP contribution in [0.25, 0.3) is 0 Å².